The van der Waals surface area contributed by atoms with E-state index in [1.165, 1.54) is 0 Å². The SMILES string of the molecule is Cc1cc(C)c(-c2cc(C)c(C(=O)Oc3ccc(S(F)(F)(F)(F)F)cc3)c(C)c2)c(C)c1. The fourth-order valence-electron chi connectivity index (χ4n) is 3.99. The minimum Gasteiger partial charge on any atom is -0.423 e. The summed E-state index contributed by atoms with van der Waals surface area (Å²) in [5, 5.41) is 0. The third-order valence-electron chi connectivity index (χ3n) is 5.18. The van der Waals surface area contributed by atoms with Gasteiger partial charge in [-0.15, -0.1) is 0 Å². The first-order valence-corrected chi connectivity index (χ1v) is 11.7. The second-order valence-corrected chi connectivity index (χ2v) is 10.5. The average molecular weight is 471 g/mol. The molecule has 0 aliphatic carbocycles. The Bertz CT molecular complexity index is 1190. The van der Waals surface area contributed by atoms with Crippen LogP contribution in [-0.2, 0) is 0 Å². The van der Waals surface area contributed by atoms with E-state index in [0.29, 0.717) is 23.3 Å². The first kappa shape index (κ1) is 23.8. The van der Waals surface area contributed by atoms with Gasteiger partial charge in [-0.25, -0.2) is 4.79 Å². The van der Waals surface area contributed by atoms with Crippen molar-refractivity contribution in [3.63, 3.8) is 0 Å². The first-order chi connectivity index (χ1) is 14.5. The van der Waals surface area contributed by atoms with Crippen molar-refractivity contribution >= 4 is 16.2 Å². The van der Waals surface area contributed by atoms with E-state index in [2.05, 4.69) is 12.1 Å². The summed E-state index contributed by atoms with van der Waals surface area (Å²) in [6, 6.07) is 9.71. The molecule has 0 heterocycles. The predicted molar refractivity (Wildman–Crippen MR) is 118 cm³/mol. The molecule has 0 saturated heterocycles. The lowest BCUT2D eigenvalue weighted by Crippen LogP contribution is -2.13. The smallest absolute Gasteiger partial charge is 0.344 e. The maximum atomic E-state index is 12.9. The third kappa shape index (κ3) is 4.96. The number of carbonyl (C=O) groups is 1. The van der Waals surface area contributed by atoms with E-state index in [4.69, 9.17) is 4.74 Å². The molecule has 0 atom stereocenters. The quantitative estimate of drug-likeness (QED) is 0.216. The lowest BCUT2D eigenvalue weighted by atomic mass is 9.90. The molecule has 3 aromatic rings. The monoisotopic (exact) mass is 470 g/mol. The summed E-state index contributed by atoms with van der Waals surface area (Å²) in [7, 11) is -9.78. The van der Waals surface area contributed by atoms with Gasteiger partial charge in [0.05, 0.1) is 5.56 Å². The largest absolute Gasteiger partial charge is 0.423 e. The summed E-state index contributed by atoms with van der Waals surface area (Å²) >= 11 is 0. The molecule has 0 unspecified atom stereocenters. The highest BCUT2D eigenvalue weighted by Crippen LogP contribution is 3.02. The van der Waals surface area contributed by atoms with Crippen LogP contribution in [0, 0.1) is 34.6 Å². The van der Waals surface area contributed by atoms with Gasteiger partial charge >= 0.3 is 16.2 Å². The predicted octanol–water partition coefficient (Wildman–Crippen LogP) is 8.77. The second-order valence-electron chi connectivity index (χ2n) is 8.09. The molecule has 2 nitrogen and oxygen atoms in total. The molecule has 8 heteroatoms. The van der Waals surface area contributed by atoms with Gasteiger partial charge in [0.15, 0.2) is 0 Å². The van der Waals surface area contributed by atoms with Crippen LogP contribution in [-0.4, -0.2) is 5.97 Å². The Balaban J connectivity index is 1.92. The number of rotatable bonds is 4. The zero-order valence-electron chi connectivity index (χ0n) is 18.2. The Labute approximate surface area is 183 Å². The molecule has 0 spiro atoms. The fraction of sp³-hybridized carbons (Fsp3) is 0.208. The Morgan fingerprint density at radius 3 is 1.62 bits per heavy atom. The molecule has 32 heavy (non-hydrogen) atoms. The standard InChI is InChI=1S/C24H23F5O2S/c1-14-10-15(2)22(16(3)11-14)19-12-17(4)23(18(5)13-19)24(30)31-20-6-8-21(9-7-20)32(25,26,27,28)29/h6-13H,1-5H3. The lowest BCUT2D eigenvalue weighted by Gasteiger charge is -2.40. The summed E-state index contributed by atoms with van der Waals surface area (Å²) < 4.78 is 69.5. The van der Waals surface area contributed by atoms with Gasteiger partial charge in [-0.1, -0.05) is 49.3 Å². The zero-order chi connectivity index (χ0) is 24.1. The van der Waals surface area contributed by atoms with Gasteiger partial charge < -0.3 is 4.74 Å². The van der Waals surface area contributed by atoms with Gasteiger partial charge in [0, 0.05) is 0 Å². The second kappa shape index (κ2) is 7.07. The Morgan fingerprint density at radius 1 is 0.719 bits per heavy atom. The third-order valence-corrected chi connectivity index (χ3v) is 6.35. The summed E-state index contributed by atoms with van der Waals surface area (Å²) in [6.07, 6.45) is 0. The summed E-state index contributed by atoms with van der Waals surface area (Å²) in [4.78, 5) is 10.7. The van der Waals surface area contributed by atoms with Gasteiger partial charge in [-0.2, -0.15) is 0 Å². The highest BCUT2D eigenvalue weighted by atomic mass is 32.5. The van der Waals surface area contributed by atoms with Crippen LogP contribution in [0.2, 0.25) is 0 Å². The molecule has 0 amide bonds. The van der Waals surface area contributed by atoms with Crippen LogP contribution in [0.5, 0.6) is 5.75 Å². The lowest BCUT2D eigenvalue weighted by molar-refractivity contribution is 0.0733. The Kier molecular flexibility index (Phi) is 5.25. The minimum atomic E-state index is -9.78. The number of aryl methyl sites for hydroxylation is 5. The average Bonchev–Trinajstić information content (AvgIpc) is 2.58. The number of esters is 1. The van der Waals surface area contributed by atoms with Crippen molar-refractivity contribution in [2.75, 3.05) is 0 Å². The molecule has 3 aromatic carbocycles. The van der Waals surface area contributed by atoms with Crippen LogP contribution in [0.4, 0.5) is 19.4 Å². The van der Waals surface area contributed by atoms with Crippen molar-refractivity contribution in [2.45, 2.75) is 39.5 Å². The molecule has 0 aliphatic heterocycles. The number of hydrogen-bond donors (Lipinski definition) is 0. The number of hydrogen-bond acceptors (Lipinski definition) is 2. The zero-order valence-corrected chi connectivity index (χ0v) is 19.0. The van der Waals surface area contributed by atoms with Gasteiger partial charge in [-0.05, 0) is 92.3 Å². The Hall–Kier alpha value is -2.87. The van der Waals surface area contributed by atoms with Crippen molar-refractivity contribution in [1.29, 1.82) is 0 Å². The van der Waals surface area contributed by atoms with Crippen LogP contribution in [0.15, 0.2) is 53.4 Å². The normalized spacial score (nSPS) is 13.9. The molecule has 0 fully saturated rings. The van der Waals surface area contributed by atoms with E-state index < -0.39 is 21.1 Å². The highest BCUT2D eigenvalue weighted by molar-refractivity contribution is 8.45. The van der Waals surface area contributed by atoms with E-state index >= 15 is 0 Å². The molecular weight excluding hydrogens is 447 g/mol. The summed E-state index contributed by atoms with van der Waals surface area (Å²) in [6.45, 7) is 9.52. The first-order valence-electron chi connectivity index (χ1n) is 9.72. The van der Waals surface area contributed by atoms with Gasteiger partial charge in [0.2, 0.25) is 0 Å². The van der Waals surface area contributed by atoms with E-state index in [1.54, 1.807) is 13.8 Å². The van der Waals surface area contributed by atoms with Crippen molar-refractivity contribution in [3.05, 3.63) is 81.9 Å². The molecule has 172 valence electrons. The summed E-state index contributed by atoms with van der Waals surface area (Å²) in [5.41, 5.74) is 6.88. The topological polar surface area (TPSA) is 26.3 Å². The maximum absolute atomic E-state index is 12.9. The molecular formula is C24H23F5O2S. The van der Waals surface area contributed by atoms with Crippen molar-refractivity contribution < 1.29 is 29.0 Å². The van der Waals surface area contributed by atoms with E-state index in [1.807, 2.05) is 32.9 Å². The molecule has 0 radical (unpaired) electrons. The number of benzene rings is 3. The minimum absolute atomic E-state index is 0.218. The maximum Gasteiger partial charge on any atom is 0.344 e. The van der Waals surface area contributed by atoms with Crippen LogP contribution >= 0.6 is 10.2 Å². The molecule has 0 aromatic heterocycles. The molecule has 3 rings (SSSR count). The highest BCUT2D eigenvalue weighted by Gasteiger charge is 2.65. The molecule has 0 N–H and O–H groups in total. The van der Waals surface area contributed by atoms with Crippen LogP contribution in [0.25, 0.3) is 11.1 Å². The van der Waals surface area contributed by atoms with E-state index in [0.717, 1.165) is 27.8 Å². The van der Waals surface area contributed by atoms with Crippen LogP contribution < -0.4 is 4.74 Å². The van der Waals surface area contributed by atoms with Crippen molar-refractivity contribution in [1.82, 2.24) is 0 Å². The van der Waals surface area contributed by atoms with Crippen molar-refractivity contribution in [3.8, 4) is 16.9 Å². The molecule has 0 aliphatic rings. The van der Waals surface area contributed by atoms with Gasteiger partial charge in [-0.3, -0.25) is 0 Å². The number of carbonyl (C=O) groups excluding carboxylic acids is 1. The molecule has 0 saturated carbocycles. The summed E-state index contributed by atoms with van der Waals surface area (Å²) in [5.74, 6) is -1.03. The van der Waals surface area contributed by atoms with Crippen LogP contribution in [0.1, 0.15) is 38.2 Å². The van der Waals surface area contributed by atoms with Gasteiger partial charge in [0.25, 0.3) is 0 Å². The van der Waals surface area contributed by atoms with E-state index in [9.17, 15) is 24.2 Å². The van der Waals surface area contributed by atoms with Crippen molar-refractivity contribution in [2.24, 2.45) is 0 Å². The number of ether oxygens (including phenoxy) is 1. The van der Waals surface area contributed by atoms with Crippen LogP contribution in [0.3, 0.4) is 0 Å². The number of halogens is 5. The Morgan fingerprint density at radius 2 is 1.19 bits per heavy atom. The fourth-order valence-corrected chi connectivity index (χ4v) is 4.64. The molecule has 0 bridgehead atoms. The van der Waals surface area contributed by atoms with E-state index in [-0.39, 0.29) is 23.4 Å². The van der Waals surface area contributed by atoms with Gasteiger partial charge in [0.1, 0.15) is 10.6 Å².